The van der Waals surface area contributed by atoms with E-state index in [1.807, 2.05) is 30.1 Å². The van der Waals surface area contributed by atoms with Crippen molar-refractivity contribution in [2.75, 3.05) is 20.1 Å². The highest BCUT2D eigenvalue weighted by atomic mass is 16.2. The fraction of sp³-hybridized carbons (Fsp3) is 0.320. The quantitative estimate of drug-likeness (QED) is 0.647. The average molecular weight is 373 g/mol. The summed E-state index contributed by atoms with van der Waals surface area (Å²) < 4.78 is 0. The van der Waals surface area contributed by atoms with Crippen molar-refractivity contribution < 1.29 is 4.79 Å². The average Bonchev–Trinajstić information content (AvgIpc) is 2.74. The molecule has 1 aliphatic heterocycles. The highest BCUT2D eigenvalue weighted by Crippen LogP contribution is 2.24. The third kappa shape index (κ3) is 4.26. The topological polar surface area (TPSA) is 23.6 Å². The van der Waals surface area contributed by atoms with E-state index in [2.05, 4.69) is 59.5 Å². The molecule has 1 saturated heterocycles. The molecule has 0 bridgehead atoms. The van der Waals surface area contributed by atoms with Crippen LogP contribution in [0.25, 0.3) is 10.8 Å². The van der Waals surface area contributed by atoms with Crippen LogP contribution >= 0.6 is 0 Å². The molecule has 0 spiro atoms. The Morgan fingerprint density at radius 3 is 2.61 bits per heavy atom. The van der Waals surface area contributed by atoms with E-state index in [9.17, 15) is 4.79 Å². The van der Waals surface area contributed by atoms with Gasteiger partial charge in [-0.2, -0.15) is 0 Å². The van der Waals surface area contributed by atoms with Gasteiger partial charge in [-0.1, -0.05) is 72.8 Å². The first-order valence-electron chi connectivity index (χ1n) is 10.2. The second-order valence-electron chi connectivity index (χ2n) is 7.89. The van der Waals surface area contributed by atoms with Crippen LogP contribution in [0.5, 0.6) is 0 Å². The summed E-state index contributed by atoms with van der Waals surface area (Å²) in [6.07, 6.45) is 2.07. The Morgan fingerprint density at radius 1 is 1.00 bits per heavy atom. The molecule has 1 amide bonds. The summed E-state index contributed by atoms with van der Waals surface area (Å²) >= 11 is 0. The van der Waals surface area contributed by atoms with Gasteiger partial charge in [0.25, 0.3) is 0 Å². The Bertz CT molecular complexity index is 932. The molecule has 1 heterocycles. The van der Waals surface area contributed by atoms with Gasteiger partial charge in [-0.25, -0.2) is 0 Å². The van der Waals surface area contributed by atoms with Gasteiger partial charge < -0.3 is 4.90 Å². The Morgan fingerprint density at radius 2 is 1.75 bits per heavy atom. The third-order valence-electron chi connectivity index (χ3n) is 5.77. The maximum Gasteiger partial charge on any atom is 0.227 e. The minimum Gasteiger partial charge on any atom is -0.341 e. The Labute approximate surface area is 167 Å². The zero-order chi connectivity index (χ0) is 19.3. The van der Waals surface area contributed by atoms with Gasteiger partial charge in [0.15, 0.2) is 0 Å². The molecule has 0 aliphatic carbocycles. The van der Waals surface area contributed by atoms with Crippen LogP contribution in [0.2, 0.25) is 0 Å². The molecule has 28 heavy (non-hydrogen) atoms. The number of benzene rings is 3. The molecule has 4 rings (SSSR count). The van der Waals surface area contributed by atoms with Crippen molar-refractivity contribution in [3.63, 3.8) is 0 Å². The summed E-state index contributed by atoms with van der Waals surface area (Å²) in [7, 11) is 1.93. The van der Waals surface area contributed by atoms with Crippen LogP contribution in [0.1, 0.15) is 24.0 Å². The van der Waals surface area contributed by atoms with Gasteiger partial charge in [0.05, 0.1) is 5.92 Å². The summed E-state index contributed by atoms with van der Waals surface area (Å²) in [6, 6.07) is 25.3. The number of rotatable bonds is 5. The number of carbonyl (C=O) groups is 1. The number of piperidine rings is 1. The monoisotopic (exact) mass is 372 g/mol. The number of amides is 1. The SMILES string of the molecule is CN(Cc1ccccc1)C(=O)[C@H]1CCCN(Cc2cccc3ccccc23)C1. The zero-order valence-corrected chi connectivity index (χ0v) is 16.6. The first kappa shape index (κ1) is 18.7. The molecule has 0 N–H and O–H groups in total. The minimum atomic E-state index is 0.0949. The van der Waals surface area contributed by atoms with Gasteiger partial charge in [0.1, 0.15) is 0 Å². The van der Waals surface area contributed by atoms with Crippen molar-refractivity contribution >= 4 is 16.7 Å². The highest BCUT2D eigenvalue weighted by molar-refractivity contribution is 5.85. The third-order valence-corrected chi connectivity index (χ3v) is 5.77. The number of likely N-dealkylation sites (tertiary alicyclic amines) is 1. The van der Waals surface area contributed by atoms with Crippen molar-refractivity contribution in [2.24, 2.45) is 5.92 Å². The van der Waals surface area contributed by atoms with Crippen LogP contribution < -0.4 is 0 Å². The molecule has 3 heteroatoms. The van der Waals surface area contributed by atoms with Gasteiger partial charge in [0, 0.05) is 26.7 Å². The smallest absolute Gasteiger partial charge is 0.227 e. The maximum atomic E-state index is 13.0. The van der Waals surface area contributed by atoms with Crippen molar-refractivity contribution in [1.82, 2.24) is 9.80 Å². The first-order chi connectivity index (χ1) is 13.7. The van der Waals surface area contributed by atoms with Gasteiger partial charge in [0.2, 0.25) is 5.91 Å². The summed E-state index contributed by atoms with van der Waals surface area (Å²) in [5.74, 6) is 0.365. The minimum absolute atomic E-state index is 0.0949. The largest absolute Gasteiger partial charge is 0.341 e. The number of carbonyl (C=O) groups excluding carboxylic acids is 1. The van der Waals surface area contributed by atoms with E-state index in [0.29, 0.717) is 6.54 Å². The highest BCUT2D eigenvalue weighted by Gasteiger charge is 2.28. The molecule has 3 aromatic carbocycles. The molecule has 0 radical (unpaired) electrons. The van der Waals surface area contributed by atoms with Crippen LogP contribution in [0.15, 0.2) is 72.8 Å². The van der Waals surface area contributed by atoms with E-state index >= 15 is 0 Å². The lowest BCUT2D eigenvalue weighted by Crippen LogP contribution is -2.43. The maximum absolute atomic E-state index is 13.0. The fourth-order valence-corrected chi connectivity index (χ4v) is 4.32. The van der Waals surface area contributed by atoms with Crippen molar-refractivity contribution in [3.8, 4) is 0 Å². The standard InChI is InChI=1S/C25H28N2O/c1-26(17-20-9-3-2-4-10-20)25(28)23-14-8-16-27(19-23)18-22-13-7-12-21-11-5-6-15-24(21)22/h2-7,9-13,15,23H,8,14,16-19H2,1H3/t23-/m0/s1. The van der Waals surface area contributed by atoms with E-state index in [4.69, 9.17) is 0 Å². The van der Waals surface area contributed by atoms with E-state index in [1.54, 1.807) is 0 Å². The van der Waals surface area contributed by atoms with Crippen molar-refractivity contribution in [3.05, 3.63) is 83.9 Å². The Kier molecular flexibility index (Phi) is 5.73. The van der Waals surface area contributed by atoms with E-state index in [-0.39, 0.29) is 11.8 Å². The summed E-state index contributed by atoms with van der Waals surface area (Å²) in [4.78, 5) is 17.4. The number of nitrogens with zero attached hydrogens (tertiary/aromatic N) is 2. The molecule has 1 fully saturated rings. The molecular weight excluding hydrogens is 344 g/mol. The van der Waals surface area contributed by atoms with Crippen molar-refractivity contribution in [2.45, 2.75) is 25.9 Å². The van der Waals surface area contributed by atoms with Gasteiger partial charge in [-0.15, -0.1) is 0 Å². The van der Waals surface area contributed by atoms with E-state index in [1.165, 1.54) is 21.9 Å². The molecule has 0 unspecified atom stereocenters. The van der Waals surface area contributed by atoms with Gasteiger partial charge in [-0.3, -0.25) is 9.69 Å². The molecule has 3 aromatic rings. The van der Waals surface area contributed by atoms with Crippen molar-refractivity contribution in [1.29, 1.82) is 0 Å². The van der Waals surface area contributed by atoms with Gasteiger partial charge >= 0.3 is 0 Å². The molecule has 1 aliphatic rings. The Hall–Kier alpha value is -2.65. The number of fused-ring (bicyclic) bond motifs is 1. The second-order valence-corrected chi connectivity index (χ2v) is 7.89. The molecule has 3 nitrogen and oxygen atoms in total. The lowest BCUT2D eigenvalue weighted by Gasteiger charge is -2.34. The molecular formula is C25H28N2O. The summed E-state index contributed by atoms with van der Waals surface area (Å²) in [5, 5.41) is 2.60. The summed E-state index contributed by atoms with van der Waals surface area (Å²) in [5.41, 5.74) is 2.53. The number of hydrogen-bond donors (Lipinski definition) is 0. The lowest BCUT2D eigenvalue weighted by molar-refractivity contribution is -0.136. The zero-order valence-electron chi connectivity index (χ0n) is 16.6. The predicted octanol–water partition coefficient (Wildman–Crippen LogP) is 4.71. The Balaban J connectivity index is 1.42. The van der Waals surface area contributed by atoms with E-state index in [0.717, 1.165) is 32.5 Å². The molecule has 0 saturated carbocycles. The second kappa shape index (κ2) is 8.57. The van der Waals surface area contributed by atoms with Gasteiger partial charge in [-0.05, 0) is 41.3 Å². The predicted molar refractivity (Wildman–Crippen MR) is 115 cm³/mol. The van der Waals surface area contributed by atoms with Crippen LogP contribution in [-0.4, -0.2) is 35.8 Å². The molecule has 144 valence electrons. The van der Waals surface area contributed by atoms with Crippen LogP contribution in [0, 0.1) is 5.92 Å². The molecule has 0 aromatic heterocycles. The summed E-state index contributed by atoms with van der Waals surface area (Å²) in [6.45, 7) is 3.50. The fourth-order valence-electron chi connectivity index (χ4n) is 4.32. The van der Waals surface area contributed by atoms with Crippen LogP contribution in [-0.2, 0) is 17.9 Å². The normalized spacial score (nSPS) is 17.5. The van der Waals surface area contributed by atoms with Crippen LogP contribution in [0.4, 0.5) is 0 Å². The number of hydrogen-bond acceptors (Lipinski definition) is 2. The van der Waals surface area contributed by atoms with Crippen LogP contribution in [0.3, 0.4) is 0 Å². The lowest BCUT2D eigenvalue weighted by atomic mass is 9.95. The van der Waals surface area contributed by atoms with E-state index < -0.39 is 0 Å². The first-order valence-corrected chi connectivity index (χ1v) is 10.2. The molecule has 1 atom stereocenters.